The summed E-state index contributed by atoms with van der Waals surface area (Å²) in [6.45, 7) is 0. The fraction of sp³-hybridized carbons (Fsp3) is 0.417. The fourth-order valence-corrected chi connectivity index (χ4v) is 1.85. The average Bonchev–Trinajstić information content (AvgIpc) is 2.15. The van der Waals surface area contributed by atoms with Gasteiger partial charge in [-0.25, -0.2) is 0 Å². The number of nitrogens with zero attached hydrogens (tertiary/aromatic N) is 1. The number of hydrogen-bond donors (Lipinski definition) is 1. The molecule has 1 atom stereocenters. The number of rotatable bonds is 2. The molecule has 0 aromatic heterocycles. The first-order valence-electron chi connectivity index (χ1n) is 5.07. The molecule has 1 aromatic carbocycles. The molecule has 0 bridgehead atoms. The third kappa shape index (κ3) is 2.50. The second-order valence-electron chi connectivity index (χ2n) is 3.95. The highest BCUT2D eigenvalue weighted by Gasteiger charge is 2.25. The molecule has 0 aliphatic heterocycles. The van der Waals surface area contributed by atoms with Crippen LogP contribution in [0.3, 0.4) is 0 Å². The van der Waals surface area contributed by atoms with Crippen molar-refractivity contribution in [2.75, 3.05) is 0 Å². The molecular formula is C12H15ClN2. The van der Waals surface area contributed by atoms with E-state index in [9.17, 15) is 0 Å². The minimum atomic E-state index is 0. The van der Waals surface area contributed by atoms with Crippen LogP contribution in [0.5, 0.6) is 0 Å². The number of nitriles is 1. The highest BCUT2D eigenvalue weighted by atomic mass is 35.5. The van der Waals surface area contributed by atoms with Gasteiger partial charge in [-0.05, 0) is 36.5 Å². The van der Waals surface area contributed by atoms with Gasteiger partial charge in [0.1, 0.15) is 0 Å². The van der Waals surface area contributed by atoms with E-state index in [4.69, 9.17) is 11.0 Å². The summed E-state index contributed by atoms with van der Waals surface area (Å²) in [5.74, 6) is 0.655. The first kappa shape index (κ1) is 12.0. The predicted molar refractivity (Wildman–Crippen MR) is 62.7 cm³/mol. The van der Waals surface area contributed by atoms with Crippen LogP contribution in [-0.2, 0) is 0 Å². The molecule has 2 N–H and O–H groups in total. The molecule has 1 aliphatic carbocycles. The zero-order chi connectivity index (χ0) is 9.97. The van der Waals surface area contributed by atoms with E-state index >= 15 is 0 Å². The van der Waals surface area contributed by atoms with Crippen molar-refractivity contribution in [3.8, 4) is 6.07 Å². The number of benzene rings is 1. The molecule has 2 rings (SSSR count). The first-order valence-corrected chi connectivity index (χ1v) is 5.07. The van der Waals surface area contributed by atoms with Crippen molar-refractivity contribution >= 4 is 12.4 Å². The summed E-state index contributed by atoms with van der Waals surface area (Å²) < 4.78 is 0. The van der Waals surface area contributed by atoms with Crippen LogP contribution >= 0.6 is 12.4 Å². The molecule has 1 fully saturated rings. The van der Waals surface area contributed by atoms with Gasteiger partial charge >= 0.3 is 0 Å². The second-order valence-corrected chi connectivity index (χ2v) is 3.95. The van der Waals surface area contributed by atoms with E-state index in [2.05, 4.69) is 6.07 Å². The Morgan fingerprint density at radius 2 is 1.87 bits per heavy atom. The number of hydrogen-bond acceptors (Lipinski definition) is 2. The van der Waals surface area contributed by atoms with Gasteiger partial charge in [0.15, 0.2) is 0 Å². The van der Waals surface area contributed by atoms with Crippen molar-refractivity contribution in [1.29, 1.82) is 5.26 Å². The van der Waals surface area contributed by atoms with Crippen LogP contribution in [0.1, 0.15) is 36.4 Å². The molecule has 0 unspecified atom stereocenters. The van der Waals surface area contributed by atoms with Crippen LogP contribution < -0.4 is 5.73 Å². The molecule has 3 heteroatoms. The number of nitrogens with two attached hydrogens (primary N) is 1. The lowest BCUT2D eigenvalue weighted by atomic mass is 9.77. The van der Waals surface area contributed by atoms with Crippen LogP contribution in [0.25, 0.3) is 0 Å². The zero-order valence-corrected chi connectivity index (χ0v) is 9.33. The lowest BCUT2D eigenvalue weighted by molar-refractivity contribution is 0.264. The summed E-state index contributed by atoms with van der Waals surface area (Å²) >= 11 is 0. The van der Waals surface area contributed by atoms with Crippen molar-refractivity contribution < 1.29 is 0 Å². The van der Waals surface area contributed by atoms with E-state index in [0.29, 0.717) is 11.5 Å². The maximum absolute atomic E-state index is 8.65. The lowest BCUT2D eigenvalue weighted by Gasteiger charge is -2.31. The van der Waals surface area contributed by atoms with Gasteiger partial charge in [-0.2, -0.15) is 5.26 Å². The van der Waals surface area contributed by atoms with Gasteiger partial charge in [-0.15, -0.1) is 12.4 Å². The SMILES string of the molecule is Cl.N#Cc1ccc([C@H](N)C2CCC2)cc1. The molecule has 0 heterocycles. The quantitative estimate of drug-likeness (QED) is 0.837. The van der Waals surface area contributed by atoms with Crippen LogP contribution in [0.4, 0.5) is 0 Å². The van der Waals surface area contributed by atoms with E-state index in [1.165, 1.54) is 19.3 Å². The fourth-order valence-electron chi connectivity index (χ4n) is 1.85. The maximum Gasteiger partial charge on any atom is 0.0991 e. The topological polar surface area (TPSA) is 49.8 Å². The highest BCUT2D eigenvalue weighted by Crippen LogP contribution is 2.35. The molecule has 1 saturated carbocycles. The van der Waals surface area contributed by atoms with Gasteiger partial charge in [-0.3, -0.25) is 0 Å². The molecular weight excluding hydrogens is 208 g/mol. The van der Waals surface area contributed by atoms with Crippen molar-refractivity contribution in [2.24, 2.45) is 11.7 Å². The first-order chi connectivity index (χ1) is 6.81. The summed E-state index contributed by atoms with van der Waals surface area (Å²) in [7, 11) is 0. The number of halogens is 1. The third-order valence-electron chi connectivity index (χ3n) is 3.08. The van der Waals surface area contributed by atoms with Crippen molar-refractivity contribution in [3.63, 3.8) is 0 Å². The molecule has 0 saturated heterocycles. The van der Waals surface area contributed by atoms with Gasteiger partial charge in [0.2, 0.25) is 0 Å². The Morgan fingerprint density at radius 1 is 1.27 bits per heavy atom. The molecule has 0 spiro atoms. The van der Waals surface area contributed by atoms with Gasteiger partial charge < -0.3 is 5.73 Å². The van der Waals surface area contributed by atoms with Gasteiger partial charge in [0.25, 0.3) is 0 Å². The summed E-state index contributed by atoms with van der Waals surface area (Å²) in [4.78, 5) is 0. The van der Waals surface area contributed by atoms with Gasteiger partial charge in [0, 0.05) is 6.04 Å². The standard InChI is InChI=1S/C12H14N2.ClH/c13-8-9-4-6-11(7-5-9)12(14)10-2-1-3-10;/h4-7,10,12H,1-3,14H2;1H/t12-;/m1./s1. The normalized spacial score (nSPS) is 17.1. The van der Waals surface area contributed by atoms with Crippen LogP contribution in [-0.4, -0.2) is 0 Å². The molecule has 0 radical (unpaired) electrons. The molecule has 2 nitrogen and oxygen atoms in total. The van der Waals surface area contributed by atoms with Crippen LogP contribution in [0.15, 0.2) is 24.3 Å². The monoisotopic (exact) mass is 222 g/mol. The van der Waals surface area contributed by atoms with Gasteiger partial charge in [-0.1, -0.05) is 18.6 Å². The predicted octanol–water partition coefficient (Wildman–Crippen LogP) is 2.78. The molecule has 1 aliphatic rings. The second kappa shape index (κ2) is 5.16. The Labute approximate surface area is 96.5 Å². The largest absolute Gasteiger partial charge is 0.324 e. The lowest BCUT2D eigenvalue weighted by Crippen LogP contribution is -2.26. The average molecular weight is 223 g/mol. The smallest absolute Gasteiger partial charge is 0.0991 e. The van der Waals surface area contributed by atoms with E-state index in [1.807, 2.05) is 24.3 Å². The van der Waals surface area contributed by atoms with E-state index in [1.54, 1.807) is 0 Å². The minimum absolute atomic E-state index is 0. The Hall–Kier alpha value is -1.04. The Balaban J connectivity index is 0.00000112. The Bertz CT molecular complexity index is 349. The molecule has 15 heavy (non-hydrogen) atoms. The van der Waals surface area contributed by atoms with Crippen molar-refractivity contribution in [1.82, 2.24) is 0 Å². The van der Waals surface area contributed by atoms with Crippen molar-refractivity contribution in [2.45, 2.75) is 25.3 Å². The minimum Gasteiger partial charge on any atom is -0.324 e. The van der Waals surface area contributed by atoms with E-state index < -0.39 is 0 Å². The van der Waals surface area contributed by atoms with Gasteiger partial charge in [0.05, 0.1) is 11.6 Å². The highest BCUT2D eigenvalue weighted by molar-refractivity contribution is 5.85. The molecule has 80 valence electrons. The van der Waals surface area contributed by atoms with Crippen molar-refractivity contribution in [3.05, 3.63) is 35.4 Å². The van der Waals surface area contributed by atoms with E-state index in [-0.39, 0.29) is 18.4 Å². The summed E-state index contributed by atoms with van der Waals surface area (Å²) in [5, 5.41) is 8.65. The van der Waals surface area contributed by atoms with Crippen LogP contribution in [0.2, 0.25) is 0 Å². The molecule has 1 aromatic rings. The summed E-state index contributed by atoms with van der Waals surface area (Å²) in [6.07, 6.45) is 3.82. The molecule has 0 amide bonds. The maximum atomic E-state index is 8.65. The third-order valence-corrected chi connectivity index (χ3v) is 3.08. The van der Waals surface area contributed by atoms with E-state index in [0.717, 1.165) is 5.56 Å². The van der Waals surface area contributed by atoms with Crippen LogP contribution in [0, 0.1) is 17.2 Å². The zero-order valence-electron chi connectivity index (χ0n) is 8.52. The summed E-state index contributed by atoms with van der Waals surface area (Å²) in [6, 6.07) is 9.90. The summed E-state index contributed by atoms with van der Waals surface area (Å²) in [5.41, 5.74) is 7.97. The Morgan fingerprint density at radius 3 is 2.27 bits per heavy atom. The Kier molecular flexibility index (Phi) is 4.14.